The van der Waals surface area contributed by atoms with E-state index in [4.69, 9.17) is 0 Å². The molecule has 0 saturated carbocycles. The molecule has 0 fully saturated rings. The number of hydrogen-bond donors (Lipinski definition) is 2. The van der Waals surface area contributed by atoms with Crippen LogP contribution < -0.4 is 5.32 Å². The number of aryl methyl sites for hydroxylation is 1. The average Bonchev–Trinajstić information content (AvgIpc) is 3.05. The number of para-hydroxylation sites is 2. The summed E-state index contributed by atoms with van der Waals surface area (Å²) in [6.45, 7) is 2.90. The summed E-state index contributed by atoms with van der Waals surface area (Å²) in [6.07, 6.45) is 3.73. The number of H-pyrrole nitrogens is 1. The number of nitrogens with one attached hydrogen (secondary N) is 2. The zero-order valence-corrected chi connectivity index (χ0v) is 11.1. The van der Waals surface area contributed by atoms with Crippen molar-refractivity contribution in [2.45, 2.75) is 19.5 Å². The first-order valence-corrected chi connectivity index (χ1v) is 6.38. The van der Waals surface area contributed by atoms with Crippen molar-refractivity contribution in [2.24, 2.45) is 7.05 Å². The molecule has 2 heterocycles. The number of aromatic amines is 1. The van der Waals surface area contributed by atoms with Gasteiger partial charge in [0, 0.05) is 25.4 Å². The average molecular weight is 255 g/mol. The van der Waals surface area contributed by atoms with Gasteiger partial charge in [0.05, 0.1) is 23.3 Å². The maximum atomic E-state index is 4.69. The second-order valence-corrected chi connectivity index (χ2v) is 4.73. The molecule has 3 rings (SSSR count). The Balaban J connectivity index is 1.81. The second kappa shape index (κ2) is 4.85. The highest BCUT2D eigenvalue weighted by atomic mass is 15.1. The zero-order valence-electron chi connectivity index (χ0n) is 11.1. The Morgan fingerprint density at radius 3 is 2.95 bits per heavy atom. The van der Waals surface area contributed by atoms with E-state index in [1.807, 2.05) is 30.6 Å². The van der Waals surface area contributed by atoms with Gasteiger partial charge in [0.15, 0.2) is 0 Å². The van der Waals surface area contributed by atoms with Gasteiger partial charge in [-0.25, -0.2) is 4.98 Å². The third-order valence-electron chi connectivity index (χ3n) is 3.38. The molecule has 1 aromatic carbocycles. The van der Waals surface area contributed by atoms with Gasteiger partial charge in [-0.1, -0.05) is 12.1 Å². The quantitative estimate of drug-likeness (QED) is 0.751. The van der Waals surface area contributed by atoms with Gasteiger partial charge >= 0.3 is 0 Å². The Labute approximate surface area is 111 Å². The van der Waals surface area contributed by atoms with Crippen molar-refractivity contribution in [1.82, 2.24) is 25.1 Å². The van der Waals surface area contributed by atoms with Crippen LogP contribution in [-0.4, -0.2) is 19.7 Å². The minimum Gasteiger partial charge on any atom is -0.330 e. The minimum atomic E-state index is 0.187. The van der Waals surface area contributed by atoms with Gasteiger partial charge in [-0.05, 0) is 19.1 Å². The van der Waals surface area contributed by atoms with Crippen molar-refractivity contribution >= 4 is 11.0 Å². The Kier molecular flexibility index (Phi) is 3.05. The summed E-state index contributed by atoms with van der Waals surface area (Å²) in [5.74, 6) is 1.05. The maximum Gasteiger partial charge on any atom is 0.126 e. The molecule has 0 aliphatic heterocycles. The summed E-state index contributed by atoms with van der Waals surface area (Å²) in [5.41, 5.74) is 3.34. The fourth-order valence-corrected chi connectivity index (χ4v) is 2.29. The van der Waals surface area contributed by atoms with E-state index in [1.165, 1.54) is 0 Å². The van der Waals surface area contributed by atoms with Crippen LogP contribution in [0.1, 0.15) is 24.4 Å². The molecule has 2 aromatic heterocycles. The van der Waals surface area contributed by atoms with E-state index in [0.29, 0.717) is 0 Å². The molecule has 0 spiro atoms. The molecule has 0 saturated heterocycles. The summed E-state index contributed by atoms with van der Waals surface area (Å²) in [4.78, 5) is 4.69. The van der Waals surface area contributed by atoms with Gasteiger partial charge in [0.2, 0.25) is 0 Å². The largest absolute Gasteiger partial charge is 0.330 e. The SMILES string of the molecule is CC(NCc1cn[nH]c1)c1nc2ccccc2n1C. The monoisotopic (exact) mass is 255 g/mol. The van der Waals surface area contributed by atoms with E-state index >= 15 is 0 Å². The van der Waals surface area contributed by atoms with Gasteiger partial charge in [0.25, 0.3) is 0 Å². The van der Waals surface area contributed by atoms with E-state index in [0.717, 1.165) is 29.0 Å². The Bertz CT molecular complexity index is 668. The summed E-state index contributed by atoms with van der Waals surface area (Å²) in [6, 6.07) is 8.38. The van der Waals surface area contributed by atoms with Crippen LogP contribution in [0.2, 0.25) is 0 Å². The topological polar surface area (TPSA) is 58.5 Å². The van der Waals surface area contributed by atoms with E-state index in [9.17, 15) is 0 Å². The number of hydrogen-bond acceptors (Lipinski definition) is 3. The smallest absolute Gasteiger partial charge is 0.126 e. The zero-order chi connectivity index (χ0) is 13.2. The number of fused-ring (bicyclic) bond motifs is 1. The molecule has 0 amide bonds. The molecular weight excluding hydrogens is 238 g/mol. The van der Waals surface area contributed by atoms with Crippen LogP contribution in [0.25, 0.3) is 11.0 Å². The molecule has 5 nitrogen and oxygen atoms in total. The Morgan fingerprint density at radius 1 is 1.37 bits per heavy atom. The van der Waals surface area contributed by atoms with Crippen molar-refractivity contribution in [3.63, 3.8) is 0 Å². The van der Waals surface area contributed by atoms with Gasteiger partial charge < -0.3 is 9.88 Å². The fourth-order valence-electron chi connectivity index (χ4n) is 2.29. The van der Waals surface area contributed by atoms with E-state index < -0.39 is 0 Å². The first-order chi connectivity index (χ1) is 9.25. The number of imidazole rings is 1. The molecule has 0 aliphatic rings. The Morgan fingerprint density at radius 2 is 2.21 bits per heavy atom. The molecule has 2 N–H and O–H groups in total. The predicted octanol–water partition coefficient (Wildman–Crippen LogP) is 2.15. The molecule has 5 heteroatoms. The van der Waals surface area contributed by atoms with Crippen molar-refractivity contribution in [1.29, 1.82) is 0 Å². The highest BCUT2D eigenvalue weighted by molar-refractivity contribution is 5.75. The van der Waals surface area contributed by atoms with E-state index in [-0.39, 0.29) is 6.04 Å². The predicted molar refractivity (Wildman–Crippen MR) is 74.6 cm³/mol. The maximum absolute atomic E-state index is 4.69. The van der Waals surface area contributed by atoms with Crippen LogP contribution in [-0.2, 0) is 13.6 Å². The molecule has 0 aliphatic carbocycles. The van der Waals surface area contributed by atoms with Crippen LogP contribution in [0.15, 0.2) is 36.7 Å². The molecule has 19 heavy (non-hydrogen) atoms. The minimum absolute atomic E-state index is 0.187. The lowest BCUT2D eigenvalue weighted by atomic mass is 10.3. The lowest BCUT2D eigenvalue weighted by molar-refractivity contribution is 0.533. The van der Waals surface area contributed by atoms with Gasteiger partial charge in [-0.15, -0.1) is 0 Å². The van der Waals surface area contributed by atoms with Crippen molar-refractivity contribution in [3.8, 4) is 0 Å². The summed E-state index contributed by atoms with van der Waals surface area (Å²) in [5, 5.41) is 10.2. The summed E-state index contributed by atoms with van der Waals surface area (Å²) < 4.78 is 2.14. The van der Waals surface area contributed by atoms with Gasteiger partial charge in [-0.3, -0.25) is 5.10 Å². The molecular formula is C14H17N5. The normalized spacial score (nSPS) is 12.9. The summed E-state index contributed by atoms with van der Waals surface area (Å²) in [7, 11) is 2.06. The third-order valence-corrected chi connectivity index (χ3v) is 3.38. The molecule has 0 radical (unpaired) electrons. The highest BCUT2D eigenvalue weighted by Gasteiger charge is 2.13. The van der Waals surface area contributed by atoms with Crippen LogP contribution in [0.3, 0.4) is 0 Å². The molecule has 98 valence electrons. The van der Waals surface area contributed by atoms with Crippen molar-refractivity contribution in [3.05, 3.63) is 48.0 Å². The number of benzene rings is 1. The second-order valence-electron chi connectivity index (χ2n) is 4.73. The first kappa shape index (κ1) is 11.9. The van der Waals surface area contributed by atoms with Crippen molar-refractivity contribution < 1.29 is 0 Å². The Hall–Kier alpha value is -2.14. The van der Waals surface area contributed by atoms with Crippen LogP contribution >= 0.6 is 0 Å². The van der Waals surface area contributed by atoms with Crippen molar-refractivity contribution in [2.75, 3.05) is 0 Å². The number of nitrogens with zero attached hydrogens (tertiary/aromatic N) is 3. The standard InChI is InChI=1S/C14H17N5/c1-10(15-7-11-8-16-17-9-11)14-18-12-5-3-4-6-13(12)19(14)2/h3-6,8-10,15H,7H2,1-2H3,(H,16,17). The highest BCUT2D eigenvalue weighted by Crippen LogP contribution is 2.19. The van der Waals surface area contributed by atoms with Crippen LogP contribution in [0, 0.1) is 0 Å². The van der Waals surface area contributed by atoms with Gasteiger partial charge in [0.1, 0.15) is 5.82 Å². The molecule has 1 unspecified atom stereocenters. The van der Waals surface area contributed by atoms with E-state index in [2.05, 4.69) is 45.1 Å². The summed E-state index contributed by atoms with van der Waals surface area (Å²) >= 11 is 0. The van der Waals surface area contributed by atoms with E-state index in [1.54, 1.807) is 0 Å². The molecule has 1 atom stereocenters. The lowest BCUT2D eigenvalue weighted by Crippen LogP contribution is -2.20. The number of rotatable bonds is 4. The molecule has 3 aromatic rings. The van der Waals surface area contributed by atoms with Gasteiger partial charge in [-0.2, -0.15) is 5.10 Å². The number of aromatic nitrogens is 4. The molecule has 0 bridgehead atoms. The fraction of sp³-hybridized carbons (Fsp3) is 0.286. The lowest BCUT2D eigenvalue weighted by Gasteiger charge is -2.13. The van der Waals surface area contributed by atoms with Crippen LogP contribution in [0.4, 0.5) is 0 Å². The third kappa shape index (κ3) is 2.24. The first-order valence-electron chi connectivity index (χ1n) is 6.38. The van der Waals surface area contributed by atoms with Crippen LogP contribution in [0.5, 0.6) is 0 Å².